The van der Waals surface area contributed by atoms with Gasteiger partial charge in [-0.1, -0.05) is 61.2 Å². The zero-order chi connectivity index (χ0) is 22.8. The summed E-state index contributed by atoms with van der Waals surface area (Å²) in [4.78, 5) is 11.4. The molecule has 0 saturated heterocycles. The molecule has 1 atom stereocenters. The molecule has 0 aromatic heterocycles. The number of anilines is 1. The van der Waals surface area contributed by atoms with Crippen molar-refractivity contribution in [2.75, 3.05) is 5.73 Å². The van der Waals surface area contributed by atoms with Gasteiger partial charge in [0.2, 0.25) is 10.0 Å². The van der Waals surface area contributed by atoms with Gasteiger partial charge in [0.05, 0.1) is 9.92 Å². The Hall–Kier alpha value is -2.32. The van der Waals surface area contributed by atoms with Crippen molar-refractivity contribution in [1.29, 1.82) is 0 Å². The number of carboxylic acids is 1. The van der Waals surface area contributed by atoms with Crippen LogP contribution in [-0.4, -0.2) is 25.5 Å². The van der Waals surface area contributed by atoms with E-state index < -0.39 is 22.0 Å². The van der Waals surface area contributed by atoms with Crippen LogP contribution in [0.4, 0.5) is 5.69 Å². The number of fused-ring (bicyclic) bond motifs is 1. The summed E-state index contributed by atoms with van der Waals surface area (Å²) in [5.74, 6) is -1.24. The SMILES string of the molecule is CCCCC(NS(=O)(=O)c1cc(Cl)cc(Cl)c1-c1ccc2ccc(N)cc2c1)C(=O)O. The molecule has 0 spiro atoms. The van der Waals surface area contributed by atoms with Crippen LogP contribution in [0.5, 0.6) is 0 Å². The number of hydrogen-bond donors (Lipinski definition) is 3. The standard InChI is InChI=1S/C22H22Cl2N2O4S/c1-2-3-4-19(22(27)28)26-31(29,30)20-12-16(23)11-18(24)21(20)14-6-5-13-7-8-17(25)10-15(13)9-14/h5-12,19,26H,2-4,25H2,1H3,(H,27,28). The van der Waals surface area contributed by atoms with Gasteiger partial charge in [-0.05, 0) is 53.1 Å². The first kappa shape index (κ1) is 23.3. The van der Waals surface area contributed by atoms with Gasteiger partial charge in [0.15, 0.2) is 0 Å². The second kappa shape index (κ2) is 9.44. The Kier molecular flexibility index (Phi) is 7.11. The predicted octanol–water partition coefficient (Wildman–Crippen LogP) is 5.32. The van der Waals surface area contributed by atoms with Gasteiger partial charge in [-0.2, -0.15) is 4.72 Å². The largest absolute Gasteiger partial charge is 0.480 e. The van der Waals surface area contributed by atoms with Gasteiger partial charge in [-0.3, -0.25) is 4.79 Å². The van der Waals surface area contributed by atoms with Crippen molar-refractivity contribution in [3.63, 3.8) is 0 Å². The average Bonchev–Trinajstić information content (AvgIpc) is 2.69. The maximum absolute atomic E-state index is 13.2. The predicted molar refractivity (Wildman–Crippen MR) is 125 cm³/mol. The number of benzene rings is 3. The highest BCUT2D eigenvalue weighted by atomic mass is 35.5. The molecule has 9 heteroatoms. The van der Waals surface area contributed by atoms with Crippen molar-refractivity contribution in [3.8, 4) is 11.1 Å². The zero-order valence-corrected chi connectivity index (χ0v) is 19.1. The molecule has 0 saturated carbocycles. The molecule has 3 aromatic carbocycles. The van der Waals surface area contributed by atoms with E-state index in [9.17, 15) is 18.3 Å². The lowest BCUT2D eigenvalue weighted by Gasteiger charge is -2.18. The Morgan fingerprint density at radius 1 is 1.10 bits per heavy atom. The molecule has 3 rings (SSSR count). The van der Waals surface area contributed by atoms with Crippen molar-refractivity contribution in [1.82, 2.24) is 4.72 Å². The molecule has 0 aliphatic heterocycles. The van der Waals surface area contributed by atoms with E-state index >= 15 is 0 Å². The lowest BCUT2D eigenvalue weighted by atomic mass is 10.0. The smallest absolute Gasteiger partial charge is 0.321 e. The Labute approximate surface area is 191 Å². The molecule has 4 N–H and O–H groups in total. The number of rotatable bonds is 8. The molecule has 0 bridgehead atoms. The Bertz CT molecular complexity index is 1250. The van der Waals surface area contributed by atoms with Gasteiger partial charge >= 0.3 is 5.97 Å². The molecular weight excluding hydrogens is 459 g/mol. The monoisotopic (exact) mass is 480 g/mol. The van der Waals surface area contributed by atoms with E-state index in [4.69, 9.17) is 28.9 Å². The van der Waals surface area contributed by atoms with Crippen LogP contribution < -0.4 is 10.5 Å². The molecule has 0 aliphatic carbocycles. The van der Waals surface area contributed by atoms with Gasteiger partial charge in [0.1, 0.15) is 6.04 Å². The minimum absolute atomic E-state index is 0.125. The minimum Gasteiger partial charge on any atom is -0.480 e. The van der Waals surface area contributed by atoms with E-state index in [1.807, 2.05) is 19.1 Å². The molecule has 0 aliphatic rings. The fourth-order valence-corrected chi connectivity index (χ4v) is 5.58. The quantitative estimate of drug-likeness (QED) is 0.378. The summed E-state index contributed by atoms with van der Waals surface area (Å²) in [7, 11) is -4.24. The summed E-state index contributed by atoms with van der Waals surface area (Å²) in [6.07, 6.45) is 1.47. The highest BCUT2D eigenvalue weighted by Gasteiger charge is 2.28. The van der Waals surface area contributed by atoms with Crippen molar-refractivity contribution in [2.24, 2.45) is 0 Å². The molecule has 6 nitrogen and oxygen atoms in total. The number of aliphatic carboxylic acids is 1. The maximum atomic E-state index is 13.2. The highest BCUT2D eigenvalue weighted by Crippen LogP contribution is 2.38. The van der Waals surface area contributed by atoms with E-state index in [0.717, 1.165) is 17.2 Å². The lowest BCUT2D eigenvalue weighted by Crippen LogP contribution is -2.40. The van der Waals surface area contributed by atoms with Crippen LogP contribution >= 0.6 is 23.2 Å². The molecule has 164 valence electrons. The molecule has 0 heterocycles. The van der Waals surface area contributed by atoms with Crippen molar-refractivity contribution >= 4 is 55.7 Å². The van der Waals surface area contributed by atoms with Crippen LogP contribution in [0.1, 0.15) is 26.2 Å². The summed E-state index contributed by atoms with van der Waals surface area (Å²) < 4.78 is 28.7. The first-order chi connectivity index (χ1) is 14.6. The first-order valence-electron chi connectivity index (χ1n) is 9.66. The summed E-state index contributed by atoms with van der Waals surface area (Å²) in [6.45, 7) is 1.90. The van der Waals surface area contributed by atoms with Crippen LogP contribution in [0.3, 0.4) is 0 Å². The van der Waals surface area contributed by atoms with Crippen LogP contribution in [0.15, 0.2) is 53.4 Å². The van der Waals surface area contributed by atoms with Crippen LogP contribution in [0.25, 0.3) is 21.9 Å². The number of halogens is 2. The highest BCUT2D eigenvalue weighted by molar-refractivity contribution is 7.89. The van der Waals surface area contributed by atoms with Crippen molar-refractivity contribution in [3.05, 3.63) is 58.6 Å². The number of carboxylic acid groups (broad SMARTS) is 1. The molecule has 3 aromatic rings. The molecule has 0 fully saturated rings. The number of carbonyl (C=O) groups is 1. The van der Waals surface area contributed by atoms with Gasteiger partial charge in [0.25, 0.3) is 0 Å². The summed E-state index contributed by atoms with van der Waals surface area (Å²) >= 11 is 12.5. The second-order valence-corrected chi connectivity index (χ2v) is 9.76. The first-order valence-corrected chi connectivity index (χ1v) is 11.9. The van der Waals surface area contributed by atoms with E-state index in [1.165, 1.54) is 12.1 Å². The maximum Gasteiger partial charge on any atom is 0.321 e. The second-order valence-electron chi connectivity index (χ2n) is 7.24. The fraction of sp³-hybridized carbons (Fsp3) is 0.227. The fourth-order valence-electron chi connectivity index (χ4n) is 3.35. The number of unbranched alkanes of at least 4 members (excludes halogenated alkanes) is 1. The third kappa shape index (κ3) is 5.30. The topological polar surface area (TPSA) is 109 Å². The molecular formula is C22H22Cl2N2O4S. The Balaban J connectivity index is 2.15. The number of hydrogen-bond acceptors (Lipinski definition) is 4. The summed E-state index contributed by atoms with van der Waals surface area (Å²) in [5.41, 5.74) is 7.23. The van der Waals surface area contributed by atoms with Crippen LogP contribution in [-0.2, 0) is 14.8 Å². The number of nitrogen functional groups attached to an aromatic ring is 1. The minimum atomic E-state index is -4.24. The molecule has 1 unspecified atom stereocenters. The van der Waals surface area contributed by atoms with Crippen molar-refractivity contribution < 1.29 is 18.3 Å². The van der Waals surface area contributed by atoms with Gasteiger partial charge in [-0.25, -0.2) is 8.42 Å². The zero-order valence-electron chi connectivity index (χ0n) is 16.7. The number of nitrogens with one attached hydrogen (secondary N) is 1. The molecule has 31 heavy (non-hydrogen) atoms. The number of sulfonamides is 1. The lowest BCUT2D eigenvalue weighted by molar-refractivity contribution is -0.139. The average molecular weight is 481 g/mol. The van der Waals surface area contributed by atoms with Crippen molar-refractivity contribution in [2.45, 2.75) is 37.1 Å². The van der Waals surface area contributed by atoms with Crippen LogP contribution in [0, 0.1) is 0 Å². The molecule has 0 radical (unpaired) electrons. The third-order valence-electron chi connectivity index (χ3n) is 4.90. The summed E-state index contributed by atoms with van der Waals surface area (Å²) in [5, 5.41) is 11.5. The van der Waals surface area contributed by atoms with E-state index in [2.05, 4.69) is 4.72 Å². The number of nitrogens with two attached hydrogens (primary N) is 1. The third-order valence-corrected chi connectivity index (χ3v) is 6.92. The van der Waals surface area contributed by atoms with Gasteiger partial charge in [-0.15, -0.1) is 0 Å². The van der Waals surface area contributed by atoms with Gasteiger partial charge < -0.3 is 10.8 Å². The normalized spacial score (nSPS) is 12.7. The van der Waals surface area contributed by atoms with Gasteiger partial charge in [0, 0.05) is 16.3 Å². The Morgan fingerprint density at radius 2 is 1.81 bits per heavy atom. The molecule has 0 amide bonds. The van der Waals surface area contributed by atoms with E-state index in [0.29, 0.717) is 17.7 Å². The van der Waals surface area contributed by atoms with Crippen LogP contribution in [0.2, 0.25) is 10.0 Å². The van der Waals surface area contributed by atoms with E-state index in [-0.39, 0.29) is 26.9 Å². The summed E-state index contributed by atoms with van der Waals surface area (Å²) in [6, 6.07) is 12.2. The van der Waals surface area contributed by atoms with E-state index in [1.54, 1.807) is 24.3 Å². The Morgan fingerprint density at radius 3 is 2.48 bits per heavy atom.